The molecule has 0 atom stereocenters. The van der Waals surface area contributed by atoms with Crippen LogP contribution in [0.4, 0.5) is 0 Å². The number of amides is 1. The number of benzene rings is 1. The SMILES string of the molecule is O=C(/C=C\c1ccc(Br)cc1)N(C1CCCCC1)C1CCCCC1. The number of hydrogen-bond acceptors (Lipinski definition) is 1. The molecule has 1 aromatic rings. The Balaban J connectivity index is 1.72. The number of carbonyl (C=O) groups excluding carboxylic acids is 1. The van der Waals surface area contributed by atoms with Gasteiger partial charge in [0.15, 0.2) is 0 Å². The molecule has 1 aromatic carbocycles. The van der Waals surface area contributed by atoms with Crippen molar-refractivity contribution in [2.45, 2.75) is 76.3 Å². The Hall–Kier alpha value is -1.09. The zero-order valence-electron chi connectivity index (χ0n) is 14.4. The molecular formula is C21H28BrNO. The van der Waals surface area contributed by atoms with E-state index in [0.29, 0.717) is 12.1 Å². The molecule has 24 heavy (non-hydrogen) atoms. The Labute approximate surface area is 154 Å². The number of hydrogen-bond donors (Lipinski definition) is 0. The first-order valence-corrected chi connectivity index (χ1v) is 10.3. The van der Waals surface area contributed by atoms with E-state index in [9.17, 15) is 4.79 Å². The van der Waals surface area contributed by atoms with Crippen LogP contribution in [0.5, 0.6) is 0 Å². The lowest BCUT2D eigenvalue weighted by Crippen LogP contribution is -2.48. The largest absolute Gasteiger partial charge is 0.333 e. The molecule has 0 aromatic heterocycles. The molecule has 2 fully saturated rings. The second-order valence-electron chi connectivity index (χ2n) is 7.21. The number of carbonyl (C=O) groups is 1. The van der Waals surface area contributed by atoms with Gasteiger partial charge in [-0.2, -0.15) is 0 Å². The molecule has 2 nitrogen and oxygen atoms in total. The van der Waals surface area contributed by atoms with E-state index < -0.39 is 0 Å². The van der Waals surface area contributed by atoms with E-state index in [0.717, 1.165) is 10.0 Å². The van der Waals surface area contributed by atoms with Crippen LogP contribution in [0.25, 0.3) is 6.08 Å². The summed E-state index contributed by atoms with van der Waals surface area (Å²) in [6.07, 6.45) is 16.3. The lowest BCUT2D eigenvalue weighted by Gasteiger charge is -2.41. The molecule has 0 unspecified atom stereocenters. The minimum atomic E-state index is 0.219. The first kappa shape index (κ1) is 17.7. The highest BCUT2D eigenvalue weighted by Crippen LogP contribution is 2.30. The van der Waals surface area contributed by atoms with Gasteiger partial charge in [0.1, 0.15) is 0 Å². The predicted octanol–water partition coefficient (Wildman–Crippen LogP) is 5.96. The van der Waals surface area contributed by atoms with E-state index in [2.05, 4.69) is 20.8 Å². The van der Waals surface area contributed by atoms with E-state index >= 15 is 0 Å². The number of nitrogens with zero attached hydrogens (tertiary/aromatic N) is 1. The van der Waals surface area contributed by atoms with Crippen molar-refractivity contribution in [3.05, 3.63) is 40.4 Å². The monoisotopic (exact) mass is 389 g/mol. The fraction of sp³-hybridized carbons (Fsp3) is 0.571. The van der Waals surface area contributed by atoms with Gasteiger partial charge in [0.2, 0.25) is 5.91 Å². The van der Waals surface area contributed by atoms with Gasteiger partial charge >= 0.3 is 0 Å². The van der Waals surface area contributed by atoms with Crippen molar-refractivity contribution in [3.63, 3.8) is 0 Å². The van der Waals surface area contributed by atoms with Crippen molar-refractivity contribution >= 4 is 27.9 Å². The van der Waals surface area contributed by atoms with Crippen LogP contribution >= 0.6 is 15.9 Å². The Morgan fingerprint density at radius 3 is 1.88 bits per heavy atom. The Bertz CT molecular complexity index is 536. The summed E-state index contributed by atoms with van der Waals surface area (Å²) in [5.74, 6) is 0.219. The predicted molar refractivity (Wildman–Crippen MR) is 104 cm³/mol. The molecular weight excluding hydrogens is 362 g/mol. The van der Waals surface area contributed by atoms with Crippen LogP contribution in [0, 0.1) is 0 Å². The van der Waals surface area contributed by atoms with Crippen LogP contribution < -0.4 is 0 Å². The second kappa shape index (κ2) is 8.84. The minimum absolute atomic E-state index is 0.219. The molecule has 0 N–H and O–H groups in total. The Kier molecular flexibility index (Phi) is 6.53. The molecule has 2 saturated carbocycles. The van der Waals surface area contributed by atoms with Crippen LogP contribution in [0.2, 0.25) is 0 Å². The van der Waals surface area contributed by atoms with Crippen molar-refractivity contribution < 1.29 is 4.79 Å². The maximum atomic E-state index is 13.0. The Morgan fingerprint density at radius 1 is 0.875 bits per heavy atom. The van der Waals surface area contributed by atoms with E-state index in [1.807, 2.05) is 30.3 Å². The zero-order valence-corrected chi connectivity index (χ0v) is 16.0. The van der Waals surface area contributed by atoms with Crippen LogP contribution in [0.1, 0.15) is 69.8 Å². The summed E-state index contributed by atoms with van der Waals surface area (Å²) in [6.45, 7) is 0. The summed E-state index contributed by atoms with van der Waals surface area (Å²) in [7, 11) is 0. The number of halogens is 1. The fourth-order valence-corrected chi connectivity index (χ4v) is 4.47. The topological polar surface area (TPSA) is 20.3 Å². The average molecular weight is 390 g/mol. The molecule has 2 aliphatic carbocycles. The maximum Gasteiger partial charge on any atom is 0.247 e. The number of rotatable bonds is 4. The third kappa shape index (κ3) is 4.72. The Morgan fingerprint density at radius 2 is 1.38 bits per heavy atom. The van der Waals surface area contributed by atoms with Gasteiger partial charge < -0.3 is 4.90 Å². The maximum absolute atomic E-state index is 13.0. The molecule has 130 valence electrons. The van der Waals surface area contributed by atoms with E-state index in [1.165, 1.54) is 64.2 Å². The van der Waals surface area contributed by atoms with Gasteiger partial charge in [-0.15, -0.1) is 0 Å². The molecule has 0 spiro atoms. The van der Waals surface area contributed by atoms with Crippen LogP contribution in [0.15, 0.2) is 34.8 Å². The molecule has 3 rings (SSSR count). The first-order valence-electron chi connectivity index (χ1n) is 9.50. The quantitative estimate of drug-likeness (QED) is 0.581. The highest BCUT2D eigenvalue weighted by Gasteiger charge is 2.31. The summed E-state index contributed by atoms with van der Waals surface area (Å²) in [5.41, 5.74) is 1.08. The lowest BCUT2D eigenvalue weighted by atomic mass is 9.88. The van der Waals surface area contributed by atoms with Crippen molar-refractivity contribution in [1.82, 2.24) is 4.90 Å². The first-order chi connectivity index (χ1) is 11.7. The molecule has 0 aliphatic heterocycles. The molecule has 0 saturated heterocycles. The summed E-state index contributed by atoms with van der Waals surface area (Å²) >= 11 is 3.45. The van der Waals surface area contributed by atoms with E-state index in [1.54, 1.807) is 6.08 Å². The van der Waals surface area contributed by atoms with Gasteiger partial charge in [-0.1, -0.05) is 66.6 Å². The van der Waals surface area contributed by atoms with Crippen molar-refractivity contribution in [1.29, 1.82) is 0 Å². The third-order valence-corrected chi connectivity index (χ3v) is 6.01. The van der Waals surface area contributed by atoms with Gasteiger partial charge in [0.25, 0.3) is 0 Å². The van der Waals surface area contributed by atoms with Crippen molar-refractivity contribution in [3.8, 4) is 0 Å². The molecule has 3 heteroatoms. The second-order valence-corrected chi connectivity index (χ2v) is 8.13. The summed E-state index contributed by atoms with van der Waals surface area (Å²) < 4.78 is 1.07. The molecule has 0 bridgehead atoms. The standard InChI is InChI=1S/C21H28BrNO/c22-18-14-11-17(12-15-18)13-16-21(24)23(19-7-3-1-4-8-19)20-9-5-2-6-10-20/h11-16,19-20H,1-10H2/b16-13-. The summed E-state index contributed by atoms with van der Waals surface area (Å²) in [5, 5.41) is 0. The molecule has 1 amide bonds. The normalized spacial score (nSPS) is 20.4. The minimum Gasteiger partial charge on any atom is -0.333 e. The summed E-state index contributed by atoms with van der Waals surface area (Å²) in [4.78, 5) is 15.3. The molecule has 0 heterocycles. The zero-order chi connectivity index (χ0) is 16.8. The smallest absolute Gasteiger partial charge is 0.247 e. The van der Waals surface area contributed by atoms with Crippen LogP contribution in [-0.2, 0) is 4.79 Å². The van der Waals surface area contributed by atoms with Gasteiger partial charge in [-0.3, -0.25) is 4.79 Å². The highest BCUT2D eigenvalue weighted by molar-refractivity contribution is 9.10. The van der Waals surface area contributed by atoms with Crippen LogP contribution in [-0.4, -0.2) is 22.9 Å². The van der Waals surface area contributed by atoms with Gasteiger partial charge in [0, 0.05) is 22.6 Å². The van der Waals surface area contributed by atoms with E-state index in [-0.39, 0.29) is 5.91 Å². The average Bonchev–Trinajstić information content (AvgIpc) is 2.63. The fourth-order valence-electron chi connectivity index (χ4n) is 4.20. The van der Waals surface area contributed by atoms with Gasteiger partial charge in [-0.05, 0) is 49.5 Å². The van der Waals surface area contributed by atoms with Gasteiger partial charge in [-0.25, -0.2) is 0 Å². The van der Waals surface area contributed by atoms with Crippen molar-refractivity contribution in [2.24, 2.45) is 0 Å². The lowest BCUT2D eigenvalue weighted by molar-refractivity contribution is -0.132. The van der Waals surface area contributed by atoms with E-state index in [4.69, 9.17) is 0 Å². The van der Waals surface area contributed by atoms with Gasteiger partial charge in [0.05, 0.1) is 0 Å². The third-order valence-electron chi connectivity index (χ3n) is 5.48. The van der Waals surface area contributed by atoms with Crippen LogP contribution in [0.3, 0.4) is 0 Å². The molecule has 0 radical (unpaired) electrons. The molecule has 2 aliphatic rings. The highest BCUT2D eigenvalue weighted by atomic mass is 79.9. The van der Waals surface area contributed by atoms with Crippen molar-refractivity contribution in [2.75, 3.05) is 0 Å². The summed E-state index contributed by atoms with van der Waals surface area (Å²) in [6, 6.07) is 9.04.